The number of hydrogen-bond acceptors (Lipinski definition) is 4. The molecule has 0 aliphatic heterocycles. The molecule has 0 rings (SSSR count). The average molecular weight is 167 g/mol. The van der Waals surface area contributed by atoms with Crippen molar-refractivity contribution in [2.75, 3.05) is 7.05 Å². The first-order valence-electron chi connectivity index (χ1n) is 2.32. The third-order valence-electron chi connectivity index (χ3n) is 0. The molecular weight excluding hydrogens is 154 g/mol. The van der Waals surface area contributed by atoms with Gasteiger partial charge in [0.25, 0.3) is 0 Å². The quantitative estimate of drug-likeness (QED) is 0.185. The fraction of sp³-hybridized carbons (Fsp3) is 0.250. The lowest BCUT2D eigenvalue weighted by molar-refractivity contribution is -0.325. The second kappa shape index (κ2) is 242. The lowest BCUT2D eigenvalue weighted by Gasteiger charge is -1.52. The number of carbonyl (C=O) groups excluding carboxylic acids is 2. The van der Waals surface area contributed by atoms with Crippen LogP contribution in [0.3, 0.4) is 0 Å². The normalized spacial score (nSPS) is 3.82. The largest absolute Gasteiger partial charge is 0.554 e. The third kappa shape index (κ3) is 128. The molecule has 0 atom stereocenters. The molecule has 0 aromatic carbocycles. The highest BCUT2D eigenvalue weighted by Gasteiger charge is 1.22. The van der Waals surface area contributed by atoms with E-state index >= 15 is 0 Å². The minimum absolute atomic E-state index is 0.500. The van der Waals surface area contributed by atoms with Crippen LogP contribution in [0.5, 0.6) is 0 Å². The molecule has 0 aromatic heterocycles. The van der Waals surface area contributed by atoms with Gasteiger partial charge in [0.15, 0.2) is 0 Å². The van der Waals surface area contributed by atoms with Crippen molar-refractivity contribution in [1.29, 1.82) is 0 Å². The molecule has 11 heavy (non-hydrogen) atoms. The van der Waals surface area contributed by atoms with Crippen molar-refractivity contribution in [3.63, 3.8) is 0 Å². The van der Waals surface area contributed by atoms with Gasteiger partial charge in [-0.15, -0.1) is 0 Å². The highest BCUT2D eigenvalue weighted by atomic mass is 16.3. The Bertz CT molecular complexity index is 54.1. The minimum atomic E-state index is -0.500. The SMILES string of the molecule is C[NH3+].NC=[NH2+].O=C[O-].O=C[O-]. The van der Waals surface area contributed by atoms with Crippen LogP contribution in [0.2, 0.25) is 0 Å². The highest BCUT2D eigenvalue weighted by Crippen LogP contribution is 0.757. The zero-order chi connectivity index (χ0) is 10.1. The van der Waals surface area contributed by atoms with Gasteiger partial charge < -0.3 is 25.5 Å². The number of rotatable bonds is 0. The van der Waals surface area contributed by atoms with E-state index in [1.807, 2.05) is 0 Å². The van der Waals surface area contributed by atoms with Gasteiger partial charge in [0.2, 0.25) is 6.34 Å². The smallest absolute Gasteiger partial charge is 0.225 e. The summed E-state index contributed by atoms with van der Waals surface area (Å²) in [7, 11) is 1.75. The van der Waals surface area contributed by atoms with E-state index in [0.717, 1.165) is 6.34 Å². The van der Waals surface area contributed by atoms with E-state index in [4.69, 9.17) is 19.8 Å². The maximum Gasteiger partial charge on any atom is 0.225 e. The van der Waals surface area contributed by atoms with Gasteiger partial charge in [0.05, 0.1) is 7.05 Å². The molecule has 0 saturated heterocycles. The van der Waals surface area contributed by atoms with Crippen LogP contribution < -0.4 is 27.1 Å². The maximum absolute atomic E-state index is 8.25. The molecule has 0 aliphatic carbocycles. The molecule has 68 valence electrons. The summed E-state index contributed by atoms with van der Waals surface area (Å²) >= 11 is 0. The number of nitrogens with two attached hydrogens (primary N) is 2. The van der Waals surface area contributed by atoms with Crippen molar-refractivity contribution in [2.24, 2.45) is 5.73 Å². The number of hydrogen-bond donors (Lipinski definition) is 3. The average Bonchev–Trinajstić information content (AvgIpc) is 1.96. The van der Waals surface area contributed by atoms with Gasteiger partial charge in [-0.25, -0.2) is 0 Å². The third-order valence-corrected chi connectivity index (χ3v) is 0. The molecule has 7 nitrogen and oxygen atoms in total. The summed E-state index contributed by atoms with van der Waals surface area (Å²) in [5, 5.41) is 21.0. The van der Waals surface area contributed by atoms with Gasteiger partial charge in [-0.3, -0.25) is 11.1 Å². The van der Waals surface area contributed by atoms with Crippen LogP contribution in [0, 0.1) is 0 Å². The van der Waals surface area contributed by atoms with Crippen LogP contribution in [0.4, 0.5) is 0 Å². The summed E-state index contributed by atoms with van der Waals surface area (Å²) in [5.74, 6) is 0. The van der Waals surface area contributed by atoms with Gasteiger partial charge in [-0.2, -0.15) is 0 Å². The van der Waals surface area contributed by atoms with Crippen molar-refractivity contribution in [3.05, 3.63) is 0 Å². The Morgan fingerprint density at radius 3 is 1.27 bits per heavy atom. The summed E-state index contributed by atoms with van der Waals surface area (Å²) in [6.07, 6.45) is 1.00. The molecule has 0 aliphatic rings. The summed E-state index contributed by atoms with van der Waals surface area (Å²) in [6.45, 7) is -1.00. The van der Waals surface area contributed by atoms with Crippen molar-refractivity contribution in [3.8, 4) is 0 Å². The van der Waals surface area contributed by atoms with Gasteiger partial charge in [-0.1, -0.05) is 0 Å². The summed E-state index contributed by atoms with van der Waals surface area (Å²) in [4.78, 5) is 16.5. The van der Waals surface area contributed by atoms with E-state index in [1.54, 1.807) is 7.05 Å². The summed E-state index contributed by atoms with van der Waals surface area (Å²) in [5.41, 5.74) is 7.75. The molecule has 0 radical (unpaired) electrons. The fourth-order valence-corrected chi connectivity index (χ4v) is 0. The fourth-order valence-electron chi connectivity index (χ4n) is 0. The van der Waals surface area contributed by atoms with Gasteiger partial charge in [0, 0.05) is 12.9 Å². The first-order chi connectivity index (χ1) is 5.24. The molecule has 0 bridgehead atoms. The van der Waals surface area contributed by atoms with Crippen molar-refractivity contribution in [2.45, 2.75) is 0 Å². The number of quaternary nitrogens is 1. The molecule has 0 saturated carbocycles. The Morgan fingerprint density at radius 1 is 1.27 bits per heavy atom. The van der Waals surface area contributed by atoms with Gasteiger partial charge in [0.1, 0.15) is 0 Å². The molecule has 0 heterocycles. The van der Waals surface area contributed by atoms with Crippen molar-refractivity contribution < 1.29 is 30.9 Å². The molecule has 0 spiro atoms. The van der Waals surface area contributed by atoms with Crippen LogP contribution in [-0.2, 0) is 9.59 Å². The Balaban J connectivity index is -0.0000000301. The van der Waals surface area contributed by atoms with Crippen LogP contribution in [0.25, 0.3) is 0 Å². The standard InChI is InChI=1S/CH4N2.CH5N.2CH2O2/c2-1-3;1-2;2*2-1-3/h1H,(H3,2,3);2H2,1H3;2*1H,(H,2,3). The van der Waals surface area contributed by atoms with Crippen LogP contribution in [-0.4, -0.2) is 26.3 Å². The second-order valence-electron chi connectivity index (χ2n) is 0.385. The first-order valence-corrected chi connectivity index (χ1v) is 2.32. The van der Waals surface area contributed by atoms with Crippen LogP contribution >= 0.6 is 0 Å². The topological polar surface area (TPSA) is 160 Å². The molecule has 0 unspecified atom stereocenters. The second-order valence-corrected chi connectivity index (χ2v) is 0.385. The molecule has 7 heteroatoms. The van der Waals surface area contributed by atoms with Gasteiger partial charge in [-0.05, 0) is 0 Å². The van der Waals surface area contributed by atoms with Crippen molar-refractivity contribution >= 4 is 19.3 Å². The predicted octanol–water partition coefficient (Wildman–Crippen LogP) is -6.68. The van der Waals surface area contributed by atoms with E-state index in [9.17, 15) is 0 Å². The zero-order valence-corrected chi connectivity index (χ0v) is 6.23. The van der Waals surface area contributed by atoms with Gasteiger partial charge >= 0.3 is 0 Å². The lowest BCUT2D eigenvalue weighted by Crippen LogP contribution is -2.40. The van der Waals surface area contributed by atoms with E-state index in [1.165, 1.54) is 0 Å². The molecule has 0 aromatic rings. The minimum Gasteiger partial charge on any atom is -0.554 e. The lowest BCUT2D eigenvalue weighted by atomic mass is 11.4. The molecule has 0 fully saturated rings. The maximum atomic E-state index is 8.25. The molecule has 7 N–H and O–H groups in total. The van der Waals surface area contributed by atoms with E-state index in [0.29, 0.717) is 0 Å². The van der Waals surface area contributed by atoms with E-state index in [-0.39, 0.29) is 0 Å². The Morgan fingerprint density at radius 2 is 1.27 bits per heavy atom. The monoisotopic (exact) mass is 167 g/mol. The van der Waals surface area contributed by atoms with Crippen LogP contribution in [0.15, 0.2) is 0 Å². The van der Waals surface area contributed by atoms with E-state index < -0.39 is 12.9 Å². The number of carbonyl (C=O) groups is 2. The first kappa shape index (κ1) is 22.8. The zero-order valence-electron chi connectivity index (χ0n) is 6.23. The van der Waals surface area contributed by atoms with E-state index in [2.05, 4.69) is 16.9 Å². The van der Waals surface area contributed by atoms with Crippen molar-refractivity contribution in [1.82, 2.24) is 0 Å². The molecule has 0 amide bonds. The predicted molar refractivity (Wildman–Crippen MR) is 33.1 cm³/mol. The molecular formula is C4H13N3O4. The summed E-state index contributed by atoms with van der Waals surface area (Å²) < 4.78 is 0. The Hall–Kier alpha value is -1.63. The Kier molecular flexibility index (Phi) is 501. The summed E-state index contributed by atoms with van der Waals surface area (Å²) in [6, 6.07) is 0. The Labute approximate surface area is 64.1 Å². The van der Waals surface area contributed by atoms with Crippen LogP contribution in [0.1, 0.15) is 0 Å². The number of carboxylic acid groups (broad SMARTS) is 2. The highest BCUT2D eigenvalue weighted by molar-refractivity contribution is 5.42.